The third kappa shape index (κ3) is 4.43. The first kappa shape index (κ1) is 16.3. The van der Waals surface area contributed by atoms with Crippen molar-refractivity contribution in [2.24, 2.45) is 23.5 Å². The van der Waals surface area contributed by atoms with Crippen LogP contribution in [-0.4, -0.2) is 42.9 Å². The zero-order valence-electron chi connectivity index (χ0n) is 13.1. The number of likely N-dealkylation sites (tertiary alicyclic amines) is 1. The SMILES string of the molecule is CCC1CCC(C(=O)NCC(=O)N2CCC(CN)C2)CC1. The summed E-state index contributed by atoms with van der Waals surface area (Å²) >= 11 is 0. The summed E-state index contributed by atoms with van der Waals surface area (Å²) in [5.41, 5.74) is 5.63. The number of amides is 2. The van der Waals surface area contributed by atoms with Crippen molar-refractivity contribution in [2.75, 3.05) is 26.2 Å². The Bertz CT molecular complexity index is 365. The summed E-state index contributed by atoms with van der Waals surface area (Å²) in [5.74, 6) is 1.41. The lowest BCUT2D eigenvalue weighted by molar-refractivity contribution is -0.133. The summed E-state index contributed by atoms with van der Waals surface area (Å²) in [5, 5.41) is 2.83. The highest BCUT2D eigenvalue weighted by Gasteiger charge is 2.28. The summed E-state index contributed by atoms with van der Waals surface area (Å²) < 4.78 is 0. The Morgan fingerprint density at radius 1 is 1.14 bits per heavy atom. The Kier molecular flexibility index (Phi) is 6.03. The monoisotopic (exact) mass is 295 g/mol. The maximum Gasteiger partial charge on any atom is 0.241 e. The van der Waals surface area contributed by atoms with Crippen molar-refractivity contribution in [3.63, 3.8) is 0 Å². The minimum atomic E-state index is 0.0292. The molecule has 3 N–H and O–H groups in total. The van der Waals surface area contributed by atoms with Gasteiger partial charge in [-0.15, -0.1) is 0 Å². The van der Waals surface area contributed by atoms with Gasteiger partial charge in [-0.3, -0.25) is 9.59 Å². The first-order valence-electron chi connectivity index (χ1n) is 8.39. The van der Waals surface area contributed by atoms with Gasteiger partial charge in [0.25, 0.3) is 0 Å². The molecule has 1 saturated carbocycles. The summed E-state index contributed by atoms with van der Waals surface area (Å²) in [6.45, 7) is 4.51. The lowest BCUT2D eigenvalue weighted by Crippen LogP contribution is -2.42. The third-order valence-electron chi connectivity index (χ3n) is 5.18. The van der Waals surface area contributed by atoms with Crippen LogP contribution in [0.5, 0.6) is 0 Å². The molecule has 120 valence electrons. The van der Waals surface area contributed by atoms with Gasteiger partial charge < -0.3 is 16.0 Å². The summed E-state index contributed by atoms with van der Waals surface area (Å²) in [4.78, 5) is 26.0. The topological polar surface area (TPSA) is 75.4 Å². The molecule has 0 spiro atoms. The van der Waals surface area contributed by atoms with E-state index in [1.54, 1.807) is 0 Å². The van der Waals surface area contributed by atoms with Gasteiger partial charge in [-0.25, -0.2) is 0 Å². The number of hydrogen-bond acceptors (Lipinski definition) is 3. The second kappa shape index (κ2) is 7.78. The lowest BCUT2D eigenvalue weighted by Gasteiger charge is -2.27. The van der Waals surface area contributed by atoms with Gasteiger partial charge in [0.2, 0.25) is 11.8 Å². The van der Waals surface area contributed by atoms with Crippen molar-refractivity contribution in [2.45, 2.75) is 45.4 Å². The van der Waals surface area contributed by atoms with E-state index in [9.17, 15) is 9.59 Å². The fourth-order valence-corrected chi connectivity index (χ4v) is 3.50. The lowest BCUT2D eigenvalue weighted by atomic mass is 9.80. The van der Waals surface area contributed by atoms with Gasteiger partial charge in [0.05, 0.1) is 6.54 Å². The molecule has 0 aromatic rings. The molecule has 5 heteroatoms. The second-order valence-electron chi connectivity index (χ2n) is 6.57. The first-order chi connectivity index (χ1) is 10.1. The quantitative estimate of drug-likeness (QED) is 0.798. The van der Waals surface area contributed by atoms with Gasteiger partial charge >= 0.3 is 0 Å². The van der Waals surface area contributed by atoms with Crippen LogP contribution in [0.2, 0.25) is 0 Å². The van der Waals surface area contributed by atoms with Crippen molar-refractivity contribution in [1.29, 1.82) is 0 Å². The molecule has 1 aliphatic heterocycles. The van der Waals surface area contributed by atoms with Crippen LogP contribution in [0.3, 0.4) is 0 Å². The van der Waals surface area contributed by atoms with Crippen LogP contribution in [0, 0.1) is 17.8 Å². The van der Waals surface area contributed by atoms with Crippen LogP contribution in [0.25, 0.3) is 0 Å². The maximum absolute atomic E-state index is 12.1. The van der Waals surface area contributed by atoms with Crippen molar-refractivity contribution in [3.05, 3.63) is 0 Å². The zero-order valence-corrected chi connectivity index (χ0v) is 13.1. The van der Waals surface area contributed by atoms with Gasteiger partial charge in [0, 0.05) is 19.0 Å². The third-order valence-corrected chi connectivity index (χ3v) is 5.18. The molecule has 0 aromatic heterocycles. The average molecular weight is 295 g/mol. The van der Waals surface area contributed by atoms with Gasteiger partial charge in [-0.2, -0.15) is 0 Å². The van der Waals surface area contributed by atoms with E-state index in [4.69, 9.17) is 5.73 Å². The predicted molar refractivity (Wildman–Crippen MR) is 82.5 cm³/mol. The van der Waals surface area contributed by atoms with Crippen LogP contribution in [-0.2, 0) is 9.59 Å². The number of carbonyl (C=O) groups is 2. The molecular formula is C16H29N3O2. The van der Waals surface area contributed by atoms with Crippen LogP contribution in [0.4, 0.5) is 0 Å². The highest BCUT2D eigenvalue weighted by molar-refractivity contribution is 5.86. The number of hydrogen-bond donors (Lipinski definition) is 2. The molecule has 21 heavy (non-hydrogen) atoms. The molecule has 0 aromatic carbocycles. The number of rotatable bonds is 5. The van der Waals surface area contributed by atoms with Gasteiger partial charge in [-0.05, 0) is 50.5 Å². The number of carbonyl (C=O) groups excluding carboxylic acids is 2. The van der Waals surface area contributed by atoms with E-state index in [2.05, 4.69) is 12.2 Å². The molecule has 0 bridgehead atoms. The highest BCUT2D eigenvalue weighted by atomic mass is 16.2. The van der Waals surface area contributed by atoms with E-state index in [-0.39, 0.29) is 24.3 Å². The predicted octanol–water partition coefficient (Wildman–Crippen LogP) is 1.13. The van der Waals surface area contributed by atoms with E-state index >= 15 is 0 Å². The second-order valence-corrected chi connectivity index (χ2v) is 6.57. The minimum Gasteiger partial charge on any atom is -0.347 e. The number of nitrogens with one attached hydrogen (secondary N) is 1. The van der Waals surface area contributed by atoms with Crippen LogP contribution in [0.1, 0.15) is 45.4 Å². The Balaban J connectivity index is 1.68. The standard InChI is InChI=1S/C16H29N3O2/c1-2-12-3-5-14(6-4-12)16(21)18-10-15(20)19-8-7-13(9-17)11-19/h12-14H,2-11,17H2,1H3,(H,18,21). The first-order valence-corrected chi connectivity index (χ1v) is 8.39. The van der Waals surface area contributed by atoms with Crippen molar-refractivity contribution in [1.82, 2.24) is 10.2 Å². The fourth-order valence-electron chi connectivity index (χ4n) is 3.50. The van der Waals surface area contributed by atoms with Crippen LogP contribution in [0.15, 0.2) is 0 Å². The molecule has 1 saturated heterocycles. The van der Waals surface area contributed by atoms with Crippen molar-refractivity contribution in [3.8, 4) is 0 Å². The highest BCUT2D eigenvalue weighted by Crippen LogP contribution is 2.30. The minimum absolute atomic E-state index is 0.0292. The maximum atomic E-state index is 12.1. The molecule has 2 amide bonds. The van der Waals surface area contributed by atoms with Crippen LogP contribution < -0.4 is 11.1 Å². The average Bonchev–Trinajstić information content (AvgIpc) is 3.01. The Morgan fingerprint density at radius 3 is 2.43 bits per heavy atom. The Labute approximate surface area is 127 Å². The molecule has 1 aliphatic carbocycles. The fraction of sp³-hybridized carbons (Fsp3) is 0.875. The Hall–Kier alpha value is -1.10. The molecule has 2 aliphatic rings. The molecule has 1 heterocycles. The van der Waals surface area contributed by atoms with Crippen molar-refractivity contribution >= 4 is 11.8 Å². The van der Waals surface area contributed by atoms with Crippen LogP contribution >= 0.6 is 0 Å². The molecule has 5 nitrogen and oxygen atoms in total. The number of nitrogens with two attached hydrogens (primary N) is 1. The van der Waals surface area contributed by atoms with Gasteiger partial charge in [-0.1, -0.05) is 13.3 Å². The van der Waals surface area contributed by atoms with Gasteiger partial charge in [0.1, 0.15) is 0 Å². The van der Waals surface area contributed by atoms with Crippen molar-refractivity contribution < 1.29 is 9.59 Å². The van der Waals surface area contributed by atoms with E-state index in [1.807, 2.05) is 4.90 Å². The zero-order chi connectivity index (χ0) is 15.2. The molecule has 1 atom stereocenters. The molecule has 2 rings (SSSR count). The molecular weight excluding hydrogens is 266 g/mol. The Morgan fingerprint density at radius 2 is 1.86 bits per heavy atom. The summed E-state index contributed by atoms with van der Waals surface area (Å²) in [7, 11) is 0. The molecule has 0 radical (unpaired) electrons. The normalized spacial score (nSPS) is 29.4. The van der Waals surface area contributed by atoms with E-state index in [1.165, 1.54) is 6.42 Å². The summed E-state index contributed by atoms with van der Waals surface area (Å²) in [6, 6.07) is 0. The van der Waals surface area contributed by atoms with E-state index in [0.717, 1.165) is 51.1 Å². The largest absolute Gasteiger partial charge is 0.347 e. The summed E-state index contributed by atoms with van der Waals surface area (Å²) in [6.07, 6.45) is 6.43. The number of nitrogens with zero attached hydrogens (tertiary/aromatic N) is 1. The molecule has 1 unspecified atom stereocenters. The van der Waals surface area contributed by atoms with E-state index < -0.39 is 0 Å². The van der Waals surface area contributed by atoms with Gasteiger partial charge in [0.15, 0.2) is 0 Å². The van der Waals surface area contributed by atoms with E-state index in [0.29, 0.717) is 12.5 Å². The molecule has 2 fully saturated rings. The smallest absolute Gasteiger partial charge is 0.241 e.